The third kappa shape index (κ3) is 4.63. The predicted octanol–water partition coefficient (Wildman–Crippen LogP) is 4.09. The van der Waals surface area contributed by atoms with Crippen molar-refractivity contribution in [3.05, 3.63) is 58.1 Å². The minimum absolute atomic E-state index is 0.0941. The van der Waals surface area contributed by atoms with Gasteiger partial charge in [-0.25, -0.2) is 0 Å². The van der Waals surface area contributed by atoms with Crippen LogP contribution < -0.4 is 9.57 Å². The van der Waals surface area contributed by atoms with Gasteiger partial charge in [0.1, 0.15) is 5.75 Å². The van der Waals surface area contributed by atoms with Crippen LogP contribution in [-0.2, 0) is 10.0 Å². The van der Waals surface area contributed by atoms with E-state index in [0.29, 0.717) is 33.7 Å². The van der Waals surface area contributed by atoms with Crippen molar-refractivity contribution in [3.8, 4) is 5.75 Å². The Bertz CT molecular complexity index is 850. The fourth-order valence-corrected chi connectivity index (χ4v) is 3.00. The molecule has 2 aromatic carbocycles. The Balaban J connectivity index is 2.17. The average molecular weight is 387 g/mol. The van der Waals surface area contributed by atoms with E-state index in [0.717, 1.165) is 0 Å². The van der Waals surface area contributed by atoms with Gasteiger partial charge in [0.05, 0.1) is 27.3 Å². The first-order valence-electron chi connectivity index (χ1n) is 7.08. The van der Waals surface area contributed by atoms with E-state index in [-0.39, 0.29) is 4.90 Å². The molecule has 0 radical (unpaired) electrons. The van der Waals surface area contributed by atoms with Crippen molar-refractivity contribution < 1.29 is 13.2 Å². The van der Waals surface area contributed by atoms with Crippen LogP contribution in [0.25, 0.3) is 0 Å². The first-order chi connectivity index (χ1) is 11.3. The van der Waals surface area contributed by atoms with Crippen LogP contribution in [-0.4, -0.2) is 20.7 Å². The normalized spacial score (nSPS) is 12.1. The molecule has 2 aromatic rings. The van der Waals surface area contributed by atoms with E-state index in [2.05, 4.69) is 9.93 Å². The lowest BCUT2D eigenvalue weighted by molar-refractivity contribution is 0.340. The van der Waals surface area contributed by atoms with E-state index in [9.17, 15) is 8.42 Å². The molecule has 2 rings (SSSR count). The number of hydrazone groups is 1. The molecule has 0 aliphatic rings. The zero-order valence-corrected chi connectivity index (χ0v) is 15.4. The van der Waals surface area contributed by atoms with Crippen molar-refractivity contribution in [3.63, 3.8) is 0 Å². The second kappa shape index (κ2) is 7.88. The van der Waals surface area contributed by atoms with E-state index < -0.39 is 10.0 Å². The monoisotopic (exact) mass is 386 g/mol. The minimum Gasteiger partial charge on any atom is -0.494 e. The molecule has 1 N–H and O–H groups in total. The van der Waals surface area contributed by atoms with Crippen LogP contribution in [0.3, 0.4) is 0 Å². The fraction of sp³-hybridized carbons (Fsp3) is 0.188. The number of benzene rings is 2. The molecule has 0 saturated carbocycles. The number of hydrogen-bond acceptors (Lipinski definition) is 4. The van der Waals surface area contributed by atoms with E-state index in [1.54, 1.807) is 37.3 Å². The largest absolute Gasteiger partial charge is 0.494 e. The minimum atomic E-state index is -3.77. The SMILES string of the molecule is CCOc1ccc(S(=O)(=O)N/N=C(/C)c2ccc(Cl)c(Cl)c2)cc1. The summed E-state index contributed by atoms with van der Waals surface area (Å²) in [5.74, 6) is 0.604. The smallest absolute Gasteiger partial charge is 0.276 e. The molecule has 0 heterocycles. The molecule has 0 aliphatic heterocycles. The molecule has 0 bridgehead atoms. The molecule has 0 saturated heterocycles. The average Bonchev–Trinajstić information content (AvgIpc) is 2.56. The van der Waals surface area contributed by atoms with Crippen molar-refractivity contribution in [2.75, 3.05) is 6.61 Å². The van der Waals surface area contributed by atoms with Crippen LogP contribution in [0.2, 0.25) is 10.0 Å². The van der Waals surface area contributed by atoms with Gasteiger partial charge >= 0.3 is 0 Å². The zero-order valence-electron chi connectivity index (χ0n) is 13.1. The van der Waals surface area contributed by atoms with Crippen molar-refractivity contribution in [2.45, 2.75) is 18.7 Å². The zero-order chi connectivity index (χ0) is 17.7. The summed E-state index contributed by atoms with van der Waals surface area (Å²) >= 11 is 11.8. The Morgan fingerprint density at radius 1 is 1.12 bits per heavy atom. The molecular weight excluding hydrogens is 371 g/mol. The van der Waals surface area contributed by atoms with E-state index >= 15 is 0 Å². The van der Waals surface area contributed by atoms with Gasteiger partial charge < -0.3 is 4.74 Å². The van der Waals surface area contributed by atoms with Crippen LogP contribution in [0.1, 0.15) is 19.4 Å². The quantitative estimate of drug-likeness (QED) is 0.600. The predicted molar refractivity (Wildman–Crippen MR) is 96.6 cm³/mol. The highest BCUT2D eigenvalue weighted by Gasteiger charge is 2.13. The summed E-state index contributed by atoms with van der Waals surface area (Å²) in [6.45, 7) is 4.03. The Labute approximate surface area is 151 Å². The lowest BCUT2D eigenvalue weighted by atomic mass is 10.1. The van der Waals surface area contributed by atoms with Gasteiger partial charge in [-0.05, 0) is 55.8 Å². The highest BCUT2D eigenvalue weighted by Crippen LogP contribution is 2.23. The number of sulfonamides is 1. The molecule has 0 unspecified atom stereocenters. The molecule has 8 heteroatoms. The topological polar surface area (TPSA) is 67.8 Å². The number of ether oxygens (including phenoxy) is 1. The van der Waals surface area contributed by atoms with Crippen LogP contribution >= 0.6 is 23.2 Å². The van der Waals surface area contributed by atoms with Gasteiger partial charge in [0.25, 0.3) is 10.0 Å². The molecule has 0 aromatic heterocycles. The summed E-state index contributed by atoms with van der Waals surface area (Å²) in [4.78, 5) is 2.30. The van der Waals surface area contributed by atoms with Crippen LogP contribution in [0.4, 0.5) is 0 Å². The number of hydrogen-bond donors (Lipinski definition) is 1. The number of halogens is 2. The van der Waals surface area contributed by atoms with Crippen molar-refractivity contribution in [1.82, 2.24) is 4.83 Å². The molecule has 0 atom stereocenters. The molecule has 128 valence electrons. The van der Waals surface area contributed by atoms with Gasteiger partial charge in [0.2, 0.25) is 0 Å². The van der Waals surface area contributed by atoms with E-state index in [1.165, 1.54) is 12.1 Å². The fourth-order valence-electron chi connectivity index (χ4n) is 1.85. The third-order valence-corrected chi connectivity index (χ3v) is 5.08. The summed E-state index contributed by atoms with van der Waals surface area (Å²) in [5, 5.41) is 4.71. The van der Waals surface area contributed by atoms with Crippen molar-refractivity contribution in [2.24, 2.45) is 5.10 Å². The highest BCUT2D eigenvalue weighted by molar-refractivity contribution is 7.89. The molecule has 0 amide bonds. The van der Waals surface area contributed by atoms with Gasteiger partial charge in [0.15, 0.2) is 0 Å². The highest BCUT2D eigenvalue weighted by atomic mass is 35.5. The first kappa shape index (κ1) is 18.6. The Morgan fingerprint density at radius 3 is 2.38 bits per heavy atom. The lowest BCUT2D eigenvalue weighted by Crippen LogP contribution is -2.20. The molecule has 0 fully saturated rings. The summed E-state index contributed by atoms with van der Waals surface area (Å²) in [7, 11) is -3.77. The van der Waals surface area contributed by atoms with Crippen LogP contribution in [0, 0.1) is 0 Å². The van der Waals surface area contributed by atoms with E-state index in [1.807, 2.05) is 6.92 Å². The number of nitrogens with zero attached hydrogens (tertiary/aromatic N) is 1. The van der Waals surface area contributed by atoms with Gasteiger partial charge in [-0.15, -0.1) is 0 Å². The van der Waals surface area contributed by atoms with Gasteiger partial charge in [-0.1, -0.05) is 29.3 Å². The van der Waals surface area contributed by atoms with Crippen LogP contribution in [0.15, 0.2) is 52.5 Å². The second-order valence-corrected chi connectivity index (χ2v) is 7.30. The molecule has 5 nitrogen and oxygen atoms in total. The molecule has 0 spiro atoms. The first-order valence-corrected chi connectivity index (χ1v) is 9.32. The molecule has 0 aliphatic carbocycles. The number of nitrogens with one attached hydrogen (secondary N) is 1. The lowest BCUT2D eigenvalue weighted by Gasteiger charge is -2.07. The second-order valence-electron chi connectivity index (χ2n) is 4.83. The maximum atomic E-state index is 12.3. The van der Waals surface area contributed by atoms with E-state index in [4.69, 9.17) is 27.9 Å². The van der Waals surface area contributed by atoms with Crippen molar-refractivity contribution in [1.29, 1.82) is 0 Å². The van der Waals surface area contributed by atoms with Gasteiger partial charge in [-0.3, -0.25) is 0 Å². The Hall–Kier alpha value is -1.76. The number of rotatable bonds is 6. The molecular formula is C16H16Cl2N2O3S. The molecule has 24 heavy (non-hydrogen) atoms. The summed E-state index contributed by atoms with van der Waals surface area (Å²) in [6.07, 6.45) is 0. The third-order valence-electron chi connectivity index (χ3n) is 3.12. The standard InChI is InChI=1S/C16H16Cl2N2O3S/c1-3-23-13-5-7-14(8-6-13)24(21,22)20-19-11(2)12-4-9-15(17)16(18)10-12/h4-10,20H,3H2,1-2H3/b19-11-. The maximum Gasteiger partial charge on any atom is 0.276 e. The summed E-state index contributed by atoms with van der Waals surface area (Å²) in [5.41, 5.74) is 1.13. The summed E-state index contributed by atoms with van der Waals surface area (Å²) < 4.78 is 29.8. The Kier molecular flexibility index (Phi) is 6.10. The van der Waals surface area contributed by atoms with Gasteiger partial charge in [0, 0.05) is 0 Å². The van der Waals surface area contributed by atoms with Gasteiger partial charge in [-0.2, -0.15) is 18.4 Å². The van der Waals surface area contributed by atoms with Crippen LogP contribution in [0.5, 0.6) is 5.75 Å². The van der Waals surface area contributed by atoms with Crippen molar-refractivity contribution >= 4 is 38.9 Å². The summed E-state index contributed by atoms with van der Waals surface area (Å²) in [6, 6.07) is 11.0. The maximum absolute atomic E-state index is 12.3. The Morgan fingerprint density at radius 2 is 1.79 bits per heavy atom.